The molecule has 0 bridgehead atoms. The van der Waals surface area contributed by atoms with Crippen molar-refractivity contribution in [2.75, 3.05) is 6.54 Å². The molecule has 0 spiro atoms. The van der Waals surface area contributed by atoms with E-state index in [0.717, 1.165) is 18.4 Å². The van der Waals surface area contributed by atoms with Gasteiger partial charge in [-0.2, -0.15) is 5.10 Å². The molecular weight excluding hydrogens is 338 g/mol. The largest absolute Gasteiger partial charge is 0.347 e. The van der Waals surface area contributed by atoms with E-state index < -0.39 is 0 Å². The van der Waals surface area contributed by atoms with Crippen molar-refractivity contribution in [3.05, 3.63) is 34.9 Å². The van der Waals surface area contributed by atoms with Crippen LogP contribution in [0.2, 0.25) is 5.02 Å². The number of carbonyl (C=O) groups is 2. The molecular formula is C19H28ClN3O2. The molecule has 0 fully saturated rings. The van der Waals surface area contributed by atoms with Crippen LogP contribution in [0.5, 0.6) is 0 Å². The Hall–Kier alpha value is -1.88. The Balaban J connectivity index is 2.06. The summed E-state index contributed by atoms with van der Waals surface area (Å²) >= 11 is 5.79. The van der Waals surface area contributed by atoms with E-state index in [4.69, 9.17) is 11.6 Å². The third-order valence-corrected chi connectivity index (χ3v) is 3.98. The average Bonchev–Trinajstić information content (AvgIpc) is 2.61. The minimum absolute atomic E-state index is 0.0622. The van der Waals surface area contributed by atoms with Gasteiger partial charge in [0.2, 0.25) is 5.91 Å². The van der Waals surface area contributed by atoms with Crippen molar-refractivity contribution in [1.82, 2.24) is 10.7 Å². The van der Waals surface area contributed by atoms with Gasteiger partial charge in [-0.1, -0.05) is 69.2 Å². The molecule has 1 aromatic carbocycles. The summed E-state index contributed by atoms with van der Waals surface area (Å²) in [6.07, 6.45) is 10.1. The third kappa shape index (κ3) is 11.3. The Labute approximate surface area is 155 Å². The van der Waals surface area contributed by atoms with Crippen LogP contribution in [0, 0.1) is 0 Å². The molecule has 1 rings (SSSR count). The molecule has 2 amide bonds. The first-order valence-electron chi connectivity index (χ1n) is 8.96. The van der Waals surface area contributed by atoms with Crippen LogP contribution in [-0.2, 0) is 9.59 Å². The molecule has 6 heteroatoms. The zero-order valence-electron chi connectivity index (χ0n) is 14.9. The summed E-state index contributed by atoms with van der Waals surface area (Å²) in [4.78, 5) is 23.3. The van der Waals surface area contributed by atoms with Gasteiger partial charge in [0.1, 0.15) is 0 Å². The van der Waals surface area contributed by atoms with Crippen molar-refractivity contribution < 1.29 is 9.59 Å². The van der Waals surface area contributed by atoms with Crippen molar-refractivity contribution in [1.29, 1.82) is 0 Å². The van der Waals surface area contributed by atoms with Crippen LogP contribution >= 0.6 is 11.6 Å². The van der Waals surface area contributed by atoms with Crippen molar-refractivity contribution >= 4 is 29.6 Å². The highest BCUT2D eigenvalue weighted by Gasteiger charge is 2.04. The first-order chi connectivity index (χ1) is 12.1. The lowest BCUT2D eigenvalue weighted by molar-refractivity contribution is -0.126. The average molecular weight is 366 g/mol. The van der Waals surface area contributed by atoms with Crippen molar-refractivity contribution in [2.45, 2.75) is 58.3 Å². The van der Waals surface area contributed by atoms with Crippen LogP contribution in [0.25, 0.3) is 0 Å². The van der Waals surface area contributed by atoms with Crippen LogP contribution in [0.3, 0.4) is 0 Å². The second-order valence-electron chi connectivity index (χ2n) is 5.99. The highest BCUT2D eigenvalue weighted by atomic mass is 35.5. The molecule has 0 aromatic heterocycles. The van der Waals surface area contributed by atoms with E-state index in [2.05, 4.69) is 22.8 Å². The zero-order valence-corrected chi connectivity index (χ0v) is 15.6. The first-order valence-corrected chi connectivity index (χ1v) is 9.33. The van der Waals surface area contributed by atoms with Gasteiger partial charge in [-0.15, -0.1) is 0 Å². The van der Waals surface area contributed by atoms with Gasteiger partial charge in [0.25, 0.3) is 5.91 Å². The number of amides is 2. The quantitative estimate of drug-likeness (QED) is 0.333. The molecule has 138 valence electrons. The number of hydrogen-bond acceptors (Lipinski definition) is 3. The zero-order chi connectivity index (χ0) is 18.3. The molecule has 5 nitrogen and oxygen atoms in total. The number of carbonyl (C=O) groups excluding carboxylic acids is 2. The molecule has 25 heavy (non-hydrogen) atoms. The molecule has 0 atom stereocenters. The first kappa shape index (κ1) is 21.2. The standard InChI is InChI=1S/C19H28ClN3O2/c1-2-3-4-5-6-7-8-9-18(24)21-15-19(25)23-22-14-16-10-12-17(20)13-11-16/h10-14H,2-9,15H2,1H3,(H,21,24)(H,23,25)/b22-14+. The summed E-state index contributed by atoms with van der Waals surface area (Å²) < 4.78 is 0. The van der Waals surface area contributed by atoms with Crippen LogP contribution < -0.4 is 10.7 Å². The van der Waals surface area contributed by atoms with Crippen molar-refractivity contribution in [3.8, 4) is 0 Å². The monoisotopic (exact) mass is 365 g/mol. The SMILES string of the molecule is CCCCCCCCCC(=O)NCC(=O)N/N=C/c1ccc(Cl)cc1. The fourth-order valence-electron chi connectivity index (χ4n) is 2.28. The number of rotatable bonds is 12. The number of halogens is 1. The maximum atomic E-state index is 11.7. The van der Waals surface area contributed by atoms with Gasteiger partial charge in [-0.25, -0.2) is 5.43 Å². The van der Waals surface area contributed by atoms with Gasteiger partial charge >= 0.3 is 0 Å². The van der Waals surface area contributed by atoms with E-state index in [1.54, 1.807) is 24.3 Å². The van der Waals surface area contributed by atoms with E-state index in [0.29, 0.717) is 11.4 Å². The van der Waals surface area contributed by atoms with E-state index in [9.17, 15) is 9.59 Å². The minimum Gasteiger partial charge on any atom is -0.347 e. The van der Waals surface area contributed by atoms with E-state index in [1.165, 1.54) is 38.3 Å². The summed E-state index contributed by atoms with van der Waals surface area (Å²) in [6.45, 7) is 2.14. The summed E-state index contributed by atoms with van der Waals surface area (Å²) in [6, 6.07) is 7.08. The van der Waals surface area contributed by atoms with Gasteiger partial charge in [-0.3, -0.25) is 9.59 Å². The number of hydrogen-bond donors (Lipinski definition) is 2. The van der Waals surface area contributed by atoms with Crippen molar-refractivity contribution in [3.63, 3.8) is 0 Å². The molecule has 0 unspecified atom stereocenters. The van der Waals surface area contributed by atoms with Crippen LogP contribution in [0.15, 0.2) is 29.4 Å². The number of nitrogens with one attached hydrogen (secondary N) is 2. The highest BCUT2D eigenvalue weighted by Crippen LogP contribution is 2.08. The summed E-state index contributed by atoms with van der Waals surface area (Å²) in [5, 5.41) is 7.09. The predicted octanol–water partition coefficient (Wildman–Crippen LogP) is 4.05. The fourth-order valence-corrected chi connectivity index (χ4v) is 2.40. The van der Waals surface area contributed by atoms with Crippen molar-refractivity contribution in [2.24, 2.45) is 5.10 Å². The Morgan fingerprint density at radius 1 is 1.00 bits per heavy atom. The minimum atomic E-state index is -0.349. The van der Waals surface area contributed by atoms with Gasteiger partial charge < -0.3 is 5.32 Å². The summed E-state index contributed by atoms with van der Waals surface area (Å²) in [5.41, 5.74) is 3.21. The molecule has 0 aliphatic carbocycles. The van der Waals surface area contributed by atoms with Gasteiger partial charge in [0, 0.05) is 11.4 Å². The molecule has 0 saturated carbocycles. The molecule has 0 heterocycles. The van der Waals surface area contributed by atoms with Gasteiger partial charge in [-0.05, 0) is 24.1 Å². The number of nitrogens with zero attached hydrogens (tertiary/aromatic N) is 1. The maximum Gasteiger partial charge on any atom is 0.259 e. The molecule has 2 N–H and O–H groups in total. The lowest BCUT2D eigenvalue weighted by Crippen LogP contribution is -2.34. The van der Waals surface area contributed by atoms with Crippen LogP contribution in [-0.4, -0.2) is 24.6 Å². The fraction of sp³-hybridized carbons (Fsp3) is 0.526. The normalized spacial score (nSPS) is 10.8. The summed E-state index contributed by atoms with van der Waals surface area (Å²) in [7, 11) is 0. The van der Waals surface area contributed by atoms with Gasteiger partial charge in [0.05, 0.1) is 12.8 Å². The van der Waals surface area contributed by atoms with E-state index >= 15 is 0 Å². The molecule has 0 aliphatic heterocycles. The third-order valence-electron chi connectivity index (χ3n) is 3.73. The van der Waals surface area contributed by atoms with E-state index in [1.807, 2.05) is 0 Å². The Bertz CT molecular complexity index is 544. The van der Waals surface area contributed by atoms with E-state index in [-0.39, 0.29) is 18.4 Å². The summed E-state index contributed by atoms with van der Waals surface area (Å²) in [5.74, 6) is -0.441. The molecule has 0 radical (unpaired) electrons. The topological polar surface area (TPSA) is 70.6 Å². The second kappa shape index (κ2) is 13.4. The lowest BCUT2D eigenvalue weighted by Gasteiger charge is -2.04. The second-order valence-corrected chi connectivity index (χ2v) is 6.43. The Morgan fingerprint density at radius 3 is 2.32 bits per heavy atom. The highest BCUT2D eigenvalue weighted by molar-refractivity contribution is 6.30. The van der Waals surface area contributed by atoms with Crippen LogP contribution in [0.1, 0.15) is 63.9 Å². The number of benzene rings is 1. The molecule has 1 aromatic rings. The Morgan fingerprint density at radius 2 is 1.64 bits per heavy atom. The van der Waals surface area contributed by atoms with Crippen LogP contribution in [0.4, 0.5) is 0 Å². The Kier molecular flexibility index (Phi) is 11.4. The predicted molar refractivity (Wildman–Crippen MR) is 103 cm³/mol. The lowest BCUT2D eigenvalue weighted by atomic mass is 10.1. The molecule has 0 aliphatic rings. The maximum absolute atomic E-state index is 11.7. The number of unbranched alkanes of at least 4 members (excludes halogenated alkanes) is 6. The number of hydrazone groups is 1. The van der Waals surface area contributed by atoms with Gasteiger partial charge in [0.15, 0.2) is 0 Å². The molecule has 0 saturated heterocycles. The smallest absolute Gasteiger partial charge is 0.259 e.